The number of furan rings is 1. The van der Waals surface area contributed by atoms with Gasteiger partial charge in [0.1, 0.15) is 11.3 Å². The van der Waals surface area contributed by atoms with Crippen molar-refractivity contribution in [2.24, 2.45) is 0 Å². The molecule has 0 atom stereocenters. The van der Waals surface area contributed by atoms with Crippen molar-refractivity contribution in [2.45, 2.75) is 45.8 Å². The summed E-state index contributed by atoms with van der Waals surface area (Å²) < 4.78 is 19.0. The third-order valence-corrected chi connectivity index (χ3v) is 5.43. The fourth-order valence-corrected chi connectivity index (χ4v) is 2.99. The van der Waals surface area contributed by atoms with E-state index in [9.17, 15) is 0 Å². The van der Waals surface area contributed by atoms with Crippen LogP contribution in [-0.4, -0.2) is 18.3 Å². The van der Waals surface area contributed by atoms with E-state index in [0.29, 0.717) is 0 Å². The summed E-state index contributed by atoms with van der Waals surface area (Å²) in [7, 11) is -0.440. The van der Waals surface area contributed by atoms with Crippen LogP contribution in [0.4, 0.5) is 0 Å². The minimum atomic E-state index is -0.440. The van der Waals surface area contributed by atoms with Crippen molar-refractivity contribution in [2.75, 3.05) is 0 Å². The highest BCUT2D eigenvalue weighted by Gasteiger charge is 2.51. The summed E-state index contributed by atoms with van der Waals surface area (Å²) in [6.45, 7) is 14.3. The highest BCUT2D eigenvalue weighted by atomic mass is 79.9. The first-order chi connectivity index (χ1) is 11.1. The zero-order valence-electron chi connectivity index (χ0n) is 14.8. The number of rotatable bonds is 3. The minimum Gasteiger partial charge on any atom is -0.456 e. The number of hydrogen-bond donors (Lipinski definition) is 0. The SMILES string of the molecule is C=C(/C=C\c1oc2ccc(Br)cc2c1C)B1OC(C)(C)C(C)(C)O1. The average molecular weight is 389 g/mol. The van der Waals surface area contributed by atoms with Gasteiger partial charge in [0, 0.05) is 15.4 Å². The molecule has 0 unspecified atom stereocenters. The van der Waals surface area contributed by atoms with Crippen molar-refractivity contribution in [1.82, 2.24) is 0 Å². The molecule has 0 spiro atoms. The molecule has 1 fully saturated rings. The summed E-state index contributed by atoms with van der Waals surface area (Å²) in [6.07, 6.45) is 3.83. The quantitative estimate of drug-likeness (QED) is 0.498. The molecule has 1 saturated heterocycles. The summed E-state index contributed by atoms with van der Waals surface area (Å²) >= 11 is 3.50. The van der Waals surface area contributed by atoms with Gasteiger partial charge in [-0.05, 0) is 64.4 Å². The first-order valence-electron chi connectivity index (χ1n) is 8.02. The Morgan fingerprint density at radius 3 is 2.42 bits per heavy atom. The molecule has 1 aliphatic heterocycles. The van der Waals surface area contributed by atoms with Crippen LogP contribution in [0.1, 0.15) is 39.0 Å². The molecule has 3 rings (SSSR count). The van der Waals surface area contributed by atoms with Gasteiger partial charge in [0.25, 0.3) is 0 Å². The normalized spacial score (nSPS) is 19.5. The lowest BCUT2D eigenvalue weighted by atomic mass is 9.79. The van der Waals surface area contributed by atoms with Crippen LogP contribution in [-0.2, 0) is 9.31 Å². The predicted octanol–water partition coefficient (Wildman–Crippen LogP) is 5.70. The van der Waals surface area contributed by atoms with Crippen molar-refractivity contribution < 1.29 is 13.7 Å². The molecule has 0 bridgehead atoms. The Bertz CT molecular complexity index is 816. The highest BCUT2D eigenvalue weighted by molar-refractivity contribution is 9.10. The molecule has 5 heteroatoms. The molecule has 1 aliphatic rings. The predicted molar refractivity (Wildman–Crippen MR) is 103 cm³/mol. The van der Waals surface area contributed by atoms with E-state index in [1.807, 2.05) is 52.0 Å². The molecular weight excluding hydrogens is 367 g/mol. The maximum Gasteiger partial charge on any atom is 0.494 e. The lowest BCUT2D eigenvalue weighted by Gasteiger charge is -2.32. The van der Waals surface area contributed by atoms with E-state index < -0.39 is 7.12 Å². The number of benzene rings is 1. The lowest BCUT2D eigenvalue weighted by Crippen LogP contribution is -2.41. The monoisotopic (exact) mass is 388 g/mol. The fourth-order valence-electron chi connectivity index (χ4n) is 2.63. The number of allylic oxidation sites excluding steroid dienone is 2. The topological polar surface area (TPSA) is 31.6 Å². The molecule has 3 nitrogen and oxygen atoms in total. The summed E-state index contributed by atoms with van der Waals surface area (Å²) in [5.41, 5.74) is 2.02. The van der Waals surface area contributed by atoms with E-state index in [4.69, 9.17) is 13.7 Å². The van der Waals surface area contributed by atoms with Crippen molar-refractivity contribution in [1.29, 1.82) is 0 Å². The highest BCUT2D eigenvalue weighted by Crippen LogP contribution is 2.38. The van der Waals surface area contributed by atoms with Gasteiger partial charge in [-0.2, -0.15) is 0 Å². The van der Waals surface area contributed by atoms with Gasteiger partial charge in [-0.1, -0.05) is 28.6 Å². The zero-order chi connectivity index (χ0) is 17.7. The maximum atomic E-state index is 6.01. The molecule has 24 heavy (non-hydrogen) atoms. The third kappa shape index (κ3) is 3.01. The fraction of sp³-hybridized carbons (Fsp3) is 0.368. The van der Waals surface area contributed by atoms with Gasteiger partial charge >= 0.3 is 7.12 Å². The van der Waals surface area contributed by atoms with Crippen LogP contribution in [0.15, 0.2) is 45.2 Å². The van der Waals surface area contributed by atoms with Gasteiger partial charge in [-0.25, -0.2) is 0 Å². The first kappa shape index (κ1) is 17.5. The van der Waals surface area contributed by atoms with E-state index in [1.54, 1.807) is 0 Å². The summed E-state index contributed by atoms with van der Waals surface area (Å²) in [6, 6.07) is 6.00. The second-order valence-electron chi connectivity index (χ2n) is 7.23. The van der Waals surface area contributed by atoms with Gasteiger partial charge in [0.2, 0.25) is 0 Å². The van der Waals surface area contributed by atoms with Crippen LogP contribution in [0.25, 0.3) is 17.0 Å². The van der Waals surface area contributed by atoms with Crippen LogP contribution < -0.4 is 0 Å². The van der Waals surface area contributed by atoms with Crippen molar-refractivity contribution in [3.05, 3.63) is 52.1 Å². The summed E-state index contributed by atoms with van der Waals surface area (Å²) in [5.74, 6) is 0.820. The van der Waals surface area contributed by atoms with Gasteiger partial charge in [0.05, 0.1) is 11.2 Å². The zero-order valence-corrected chi connectivity index (χ0v) is 16.4. The second kappa shape index (κ2) is 5.90. The third-order valence-electron chi connectivity index (χ3n) is 4.94. The van der Waals surface area contributed by atoms with Crippen molar-refractivity contribution in [3.63, 3.8) is 0 Å². The van der Waals surface area contributed by atoms with Gasteiger partial charge in [0.15, 0.2) is 0 Å². The smallest absolute Gasteiger partial charge is 0.456 e. The molecule has 0 aliphatic carbocycles. The van der Waals surface area contributed by atoms with Gasteiger partial charge in [-0.15, -0.1) is 0 Å². The second-order valence-corrected chi connectivity index (χ2v) is 8.14. The minimum absolute atomic E-state index is 0.365. The van der Waals surface area contributed by atoms with E-state index in [-0.39, 0.29) is 11.2 Å². The van der Waals surface area contributed by atoms with Gasteiger partial charge in [-0.3, -0.25) is 0 Å². The van der Waals surface area contributed by atoms with E-state index >= 15 is 0 Å². The Labute approximate surface area is 152 Å². The number of fused-ring (bicyclic) bond motifs is 1. The van der Waals surface area contributed by atoms with E-state index in [2.05, 4.69) is 35.5 Å². The van der Waals surface area contributed by atoms with Crippen LogP contribution >= 0.6 is 15.9 Å². The van der Waals surface area contributed by atoms with Crippen molar-refractivity contribution >= 4 is 40.1 Å². The number of aryl methyl sites for hydroxylation is 1. The summed E-state index contributed by atoms with van der Waals surface area (Å²) in [5, 5.41) is 1.10. The van der Waals surface area contributed by atoms with Crippen LogP contribution in [0, 0.1) is 6.92 Å². The van der Waals surface area contributed by atoms with Crippen LogP contribution in [0.3, 0.4) is 0 Å². The molecule has 2 aromatic rings. The average Bonchev–Trinajstić information content (AvgIpc) is 2.91. The number of hydrogen-bond acceptors (Lipinski definition) is 3. The molecule has 0 amide bonds. The molecule has 1 aromatic carbocycles. The molecule has 0 N–H and O–H groups in total. The Hall–Kier alpha value is -1.30. The summed E-state index contributed by atoms with van der Waals surface area (Å²) in [4.78, 5) is 0. The molecule has 0 radical (unpaired) electrons. The lowest BCUT2D eigenvalue weighted by molar-refractivity contribution is 0.00578. The van der Waals surface area contributed by atoms with Gasteiger partial charge < -0.3 is 13.7 Å². The van der Waals surface area contributed by atoms with Crippen molar-refractivity contribution in [3.8, 4) is 0 Å². The standard InChI is InChI=1S/C19H22BBrO3/c1-12(20-23-18(3,4)19(5,6)24-20)7-9-16-13(2)15-11-14(21)8-10-17(15)22-16/h7-11H,1H2,2-6H3/b9-7-. The molecule has 126 valence electrons. The molecule has 1 aromatic heterocycles. The Morgan fingerprint density at radius 1 is 1.17 bits per heavy atom. The Kier molecular flexibility index (Phi) is 4.31. The number of halogens is 1. The van der Waals surface area contributed by atoms with Crippen LogP contribution in [0.5, 0.6) is 0 Å². The molecule has 0 saturated carbocycles. The molecule has 2 heterocycles. The Morgan fingerprint density at radius 2 is 1.79 bits per heavy atom. The Balaban J connectivity index is 1.82. The maximum absolute atomic E-state index is 6.01. The largest absolute Gasteiger partial charge is 0.494 e. The van der Waals surface area contributed by atoms with E-state index in [0.717, 1.165) is 32.2 Å². The molecular formula is C19H22BBrO3. The van der Waals surface area contributed by atoms with E-state index in [1.165, 1.54) is 0 Å². The first-order valence-corrected chi connectivity index (χ1v) is 8.81. The van der Waals surface area contributed by atoms with Crippen LogP contribution in [0.2, 0.25) is 0 Å².